The lowest BCUT2D eigenvalue weighted by Crippen LogP contribution is -2.19. The molecule has 0 aliphatic heterocycles. The largest absolute Gasteiger partial charge is 0.383 e. The highest BCUT2D eigenvalue weighted by Gasteiger charge is 2.17. The monoisotopic (exact) mass is 201 g/mol. The van der Waals surface area contributed by atoms with Crippen LogP contribution in [0.3, 0.4) is 0 Å². The summed E-state index contributed by atoms with van der Waals surface area (Å²) in [5.74, 6) is -1.22. The molecule has 0 bridgehead atoms. The van der Waals surface area contributed by atoms with Crippen molar-refractivity contribution in [2.45, 2.75) is 13.0 Å². The molecule has 0 aliphatic rings. The smallest absolute Gasteiger partial charge is 0.133 e. The van der Waals surface area contributed by atoms with E-state index < -0.39 is 17.7 Å². The van der Waals surface area contributed by atoms with Crippen molar-refractivity contribution >= 4 is 0 Å². The van der Waals surface area contributed by atoms with Gasteiger partial charge >= 0.3 is 0 Å². The second-order valence-electron chi connectivity index (χ2n) is 3.15. The van der Waals surface area contributed by atoms with Crippen LogP contribution in [0.2, 0.25) is 0 Å². The Balaban J connectivity index is 3.11. The summed E-state index contributed by atoms with van der Waals surface area (Å²) in [4.78, 5) is 0. The highest BCUT2D eigenvalue weighted by molar-refractivity contribution is 5.29. The molecule has 1 aromatic rings. The molecule has 0 aliphatic carbocycles. The summed E-state index contributed by atoms with van der Waals surface area (Å²) in [6.07, 6.45) is 0. The molecule has 0 saturated carbocycles. The summed E-state index contributed by atoms with van der Waals surface area (Å²) in [7, 11) is 1.44. The predicted octanol–water partition coefficient (Wildman–Crippen LogP) is 1.92. The third-order valence-corrected chi connectivity index (χ3v) is 2.04. The highest BCUT2D eigenvalue weighted by atomic mass is 19.1. The standard InChI is InChI=1S/C10H13F2NO/c1-6-3-4-7(11)9(10(6)12)8(13)5-14-2/h3-4,8H,5,13H2,1-2H3. The number of methoxy groups -OCH3 is 1. The molecule has 0 amide bonds. The van der Waals surface area contributed by atoms with Crippen molar-refractivity contribution in [3.8, 4) is 0 Å². The number of halogens is 2. The Morgan fingerprint density at radius 1 is 1.43 bits per heavy atom. The molecule has 1 aromatic carbocycles. The molecule has 0 fully saturated rings. The number of benzene rings is 1. The number of aryl methyl sites for hydroxylation is 1. The van der Waals surface area contributed by atoms with E-state index in [4.69, 9.17) is 10.5 Å². The van der Waals surface area contributed by atoms with Gasteiger partial charge in [-0.3, -0.25) is 0 Å². The topological polar surface area (TPSA) is 35.2 Å². The van der Waals surface area contributed by atoms with Gasteiger partial charge in [0, 0.05) is 12.7 Å². The van der Waals surface area contributed by atoms with Gasteiger partial charge in [0.1, 0.15) is 11.6 Å². The Labute approximate surface area is 81.7 Å². The summed E-state index contributed by atoms with van der Waals surface area (Å²) in [5, 5.41) is 0. The maximum Gasteiger partial charge on any atom is 0.133 e. The van der Waals surface area contributed by atoms with E-state index in [2.05, 4.69) is 0 Å². The van der Waals surface area contributed by atoms with Crippen LogP contribution in [0.1, 0.15) is 17.2 Å². The van der Waals surface area contributed by atoms with E-state index in [1.165, 1.54) is 19.2 Å². The molecule has 2 N–H and O–H groups in total. The van der Waals surface area contributed by atoms with Crippen LogP contribution >= 0.6 is 0 Å². The van der Waals surface area contributed by atoms with Gasteiger partial charge in [0.05, 0.1) is 12.6 Å². The average molecular weight is 201 g/mol. The lowest BCUT2D eigenvalue weighted by molar-refractivity contribution is 0.178. The van der Waals surface area contributed by atoms with Gasteiger partial charge in [-0.1, -0.05) is 6.07 Å². The SMILES string of the molecule is COCC(N)c1c(F)ccc(C)c1F. The third kappa shape index (κ3) is 2.08. The second-order valence-corrected chi connectivity index (χ2v) is 3.15. The van der Waals surface area contributed by atoms with Crippen LogP contribution in [-0.2, 0) is 4.74 Å². The number of nitrogens with two attached hydrogens (primary N) is 1. The van der Waals surface area contributed by atoms with E-state index >= 15 is 0 Å². The van der Waals surface area contributed by atoms with Crippen LogP contribution in [0.5, 0.6) is 0 Å². The molecule has 4 heteroatoms. The Morgan fingerprint density at radius 3 is 2.64 bits per heavy atom. The number of hydrogen-bond acceptors (Lipinski definition) is 2. The first-order valence-electron chi connectivity index (χ1n) is 4.27. The zero-order valence-corrected chi connectivity index (χ0v) is 8.18. The molecule has 0 spiro atoms. The fourth-order valence-corrected chi connectivity index (χ4v) is 1.28. The van der Waals surface area contributed by atoms with E-state index in [1.54, 1.807) is 6.92 Å². The van der Waals surface area contributed by atoms with E-state index in [0.29, 0.717) is 5.56 Å². The Kier molecular flexibility index (Phi) is 3.55. The van der Waals surface area contributed by atoms with Gasteiger partial charge in [0.15, 0.2) is 0 Å². The first kappa shape index (κ1) is 11.1. The molecule has 1 rings (SSSR count). The highest BCUT2D eigenvalue weighted by Crippen LogP contribution is 2.21. The predicted molar refractivity (Wildman–Crippen MR) is 49.9 cm³/mol. The van der Waals surface area contributed by atoms with Crippen molar-refractivity contribution in [3.63, 3.8) is 0 Å². The van der Waals surface area contributed by atoms with Gasteiger partial charge in [0.2, 0.25) is 0 Å². The summed E-state index contributed by atoms with van der Waals surface area (Å²) in [6, 6.07) is 1.83. The van der Waals surface area contributed by atoms with Crippen LogP contribution in [-0.4, -0.2) is 13.7 Å². The van der Waals surface area contributed by atoms with Crippen LogP contribution < -0.4 is 5.73 Å². The van der Waals surface area contributed by atoms with Gasteiger partial charge < -0.3 is 10.5 Å². The van der Waals surface area contributed by atoms with E-state index in [0.717, 1.165) is 0 Å². The van der Waals surface area contributed by atoms with Gasteiger partial charge in [-0.25, -0.2) is 8.78 Å². The molecule has 0 aromatic heterocycles. The molecule has 0 saturated heterocycles. The molecule has 14 heavy (non-hydrogen) atoms. The van der Waals surface area contributed by atoms with Crippen molar-refractivity contribution < 1.29 is 13.5 Å². The van der Waals surface area contributed by atoms with Crippen LogP contribution in [0.25, 0.3) is 0 Å². The molecule has 2 nitrogen and oxygen atoms in total. The molecular weight excluding hydrogens is 188 g/mol. The summed E-state index contributed by atoms with van der Waals surface area (Å²) in [6.45, 7) is 1.66. The Bertz CT molecular complexity index is 328. The lowest BCUT2D eigenvalue weighted by Gasteiger charge is -2.13. The Morgan fingerprint density at radius 2 is 2.07 bits per heavy atom. The first-order chi connectivity index (χ1) is 6.57. The first-order valence-corrected chi connectivity index (χ1v) is 4.27. The van der Waals surface area contributed by atoms with Gasteiger partial charge in [0.25, 0.3) is 0 Å². The maximum absolute atomic E-state index is 13.5. The second kappa shape index (κ2) is 4.48. The van der Waals surface area contributed by atoms with Gasteiger partial charge in [-0.2, -0.15) is 0 Å². The third-order valence-electron chi connectivity index (χ3n) is 2.04. The maximum atomic E-state index is 13.5. The zero-order valence-electron chi connectivity index (χ0n) is 8.18. The van der Waals surface area contributed by atoms with Crippen molar-refractivity contribution in [2.24, 2.45) is 5.73 Å². The summed E-state index contributed by atoms with van der Waals surface area (Å²) < 4.78 is 31.4. The van der Waals surface area contributed by atoms with Crippen LogP contribution in [0.4, 0.5) is 8.78 Å². The molecule has 78 valence electrons. The van der Waals surface area contributed by atoms with E-state index in [9.17, 15) is 8.78 Å². The van der Waals surface area contributed by atoms with Crippen molar-refractivity contribution in [3.05, 3.63) is 34.9 Å². The zero-order chi connectivity index (χ0) is 10.7. The Hall–Kier alpha value is -1.00. The number of ether oxygens (including phenoxy) is 1. The fraction of sp³-hybridized carbons (Fsp3) is 0.400. The minimum Gasteiger partial charge on any atom is -0.383 e. The minimum absolute atomic E-state index is 0.0945. The minimum atomic E-state index is -0.764. The van der Waals surface area contributed by atoms with Gasteiger partial charge in [-0.05, 0) is 18.6 Å². The quantitative estimate of drug-likeness (QED) is 0.810. The summed E-state index contributed by atoms with van der Waals surface area (Å²) >= 11 is 0. The van der Waals surface area contributed by atoms with E-state index in [-0.39, 0.29) is 12.2 Å². The van der Waals surface area contributed by atoms with Crippen molar-refractivity contribution in [1.29, 1.82) is 0 Å². The molecule has 1 unspecified atom stereocenters. The average Bonchev–Trinajstić information content (AvgIpc) is 2.13. The lowest BCUT2D eigenvalue weighted by atomic mass is 10.0. The molecular formula is C10H13F2NO. The number of hydrogen-bond donors (Lipinski definition) is 1. The summed E-state index contributed by atoms with van der Waals surface area (Å²) in [5.41, 5.74) is 5.85. The van der Waals surface area contributed by atoms with Crippen LogP contribution in [0.15, 0.2) is 12.1 Å². The normalized spacial score (nSPS) is 12.9. The number of rotatable bonds is 3. The van der Waals surface area contributed by atoms with E-state index in [1.807, 2.05) is 0 Å². The van der Waals surface area contributed by atoms with Crippen molar-refractivity contribution in [1.82, 2.24) is 0 Å². The van der Waals surface area contributed by atoms with Crippen LogP contribution in [0, 0.1) is 18.6 Å². The van der Waals surface area contributed by atoms with Crippen molar-refractivity contribution in [2.75, 3.05) is 13.7 Å². The molecule has 1 atom stereocenters. The molecule has 0 radical (unpaired) electrons. The fourth-order valence-electron chi connectivity index (χ4n) is 1.28. The van der Waals surface area contributed by atoms with Gasteiger partial charge in [-0.15, -0.1) is 0 Å². The molecule has 0 heterocycles.